The summed E-state index contributed by atoms with van der Waals surface area (Å²) in [5.41, 5.74) is 2.53. The molecular formula is C24H27N3O3. The molecule has 0 spiro atoms. The number of nitrogens with zero attached hydrogens (tertiary/aromatic N) is 1. The molecule has 2 heterocycles. The smallest absolute Gasteiger partial charge is 0.251 e. The molecule has 3 aromatic rings. The molecule has 6 heteroatoms. The molecule has 1 fully saturated rings. The molecule has 156 valence electrons. The molecule has 6 nitrogen and oxygen atoms in total. The number of hydrogen-bond donors (Lipinski definition) is 3. The van der Waals surface area contributed by atoms with Crippen LogP contribution < -0.4 is 10.6 Å². The van der Waals surface area contributed by atoms with Crippen molar-refractivity contribution < 1.29 is 14.6 Å². The topological polar surface area (TPSA) is 83.5 Å². The Bertz CT molecular complexity index is 1030. The summed E-state index contributed by atoms with van der Waals surface area (Å²) < 4.78 is 5.41. The Balaban J connectivity index is 1.51. The Morgan fingerprint density at radius 3 is 2.77 bits per heavy atom. The zero-order valence-corrected chi connectivity index (χ0v) is 17.1. The number of aromatic nitrogens is 1. The second kappa shape index (κ2) is 9.24. The van der Waals surface area contributed by atoms with Crippen molar-refractivity contribution in [3.05, 3.63) is 71.4 Å². The zero-order chi connectivity index (χ0) is 20.9. The van der Waals surface area contributed by atoms with E-state index in [0.29, 0.717) is 11.6 Å². The van der Waals surface area contributed by atoms with Crippen molar-refractivity contribution in [3.63, 3.8) is 0 Å². The number of ether oxygens (including phenoxy) is 1. The number of anilines is 1. The Hall–Kier alpha value is -2.96. The normalized spacial score (nSPS) is 15.7. The third-order valence-corrected chi connectivity index (χ3v) is 5.49. The first-order valence-electron chi connectivity index (χ1n) is 10.3. The van der Waals surface area contributed by atoms with Crippen molar-refractivity contribution in [2.45, 2.75) is 31.8 Å². The van der Waals surface area contributed by atoms with Crippen LogP contribution in [0.3, 0.4) is 0 Å². The fraction of sp³-hybridized carbons (Fsp3) is 0.333. The SMILES string of the molecule is Cc1cccc([C@@H](CO)NC(=O)c2ccc3cnc(NC4CCOCC4)cc3c2)c1. The Labute approximate surface area is 176 Å². The third kappa shape index (κ3) is 4.78. The highest BCUT2D eigenvalue weighted by Crippen LogP contribution is 2.21. The Morgan fingerprint density at radius 2 is 2.00 bits per heavy atom. The highest BCUT2D eigenvalue weighted by molar-refractivity contribution is 5.99. The van der Waals surface area contributed by atoms with Crippen LogP contribution in [0.25, 0.3) is 10.8 Å². The average Bonchev–Trinajstić information content (AvgIpc) is 2.77. The molecule has 2 aromatic carbocycles. The van der Waals surface area contributed by atoms with Crippen LogP contribution in [0, 0.1) is 6.92 Å². The van der Waals surface area contributed by atoms with Crippen LogP contribution in [0.1, 0.15) is 40.4 Å². The van der Waals surface area contributed by atoms with Gasteiger partial charge in [-0.15, -0.1) is 0 Å². The molecule has 0 saturated carbocycles. The Kier molecular flexibility index (Phi) is 6.26. The zero-order valence-electron chi connectivity index (χ0n) is 17.1. The van der Waals surface area contributed by atoms with Crippen molar-refractivity contribution in [2.24, 2.45) is 0 Å². The fourth-order valence-corrected chi connectivity index (χ4v) is 3.78. The van der Waals surface area contributed by atoms with Gasteiger partial charge in [0.1, 0.15) is 5.82 Å². The lowest BCUT2D eigenvalue weighted by atomic mass is 10.0. The van der Waals surface area contributed by atoms with Gasteiger partial charge in [-0.3, -0.25) is 4.79 Å². The van der Waals surface area contributed by atoms with E-state index in [0.717, 1.165) is 53.8 Å². The second-order valence-corrected chi connectivity index (χ2v) is 7.79. The van der Waals surface area contributed by atoms with Gasteiger partial charge in [0.25, 0.3) is 5.91 Å². The number of carbonyl (C=O) groups excluding carboxylic acids is 1. The van der Waals surface area contributed by atoms with Gasteiger partial charge in [-0.2, -0.15) is 0 Å². The van der Waals surface area contributed by atoms with E-state index < -0.39 is 6.04 Å². The van der Waals surface area contributed by atoms with Crippen LogP contribution in [0.5, 0.6) is 0 Å². The number of hydrogen-bond acceptors (Lipinski definition) is 5. The lowest BCUT2D eigenvalue weighted by Gasteiger charge is -2.23. The first kappa shape index (κ1) is 20.3. The number of rotatable bonds is 6. The first-order valence-corrected chi connectivity index (χ1v) is 10.3. The van der Waals surface area contributed by atoms with Gasteiger partial charge in [-0.25, -0.2) is 4.98 Å². The number of aryl methyl sites for hydroxylation is 1. The van der Waals surface area contributed by atoms with E-state index in [1.807, 2.05) is 55.6 Å². The van der Waals surface area contributed by atoms with Gasteiger partial charge in [0.2, 0.25) is 0 Å². The van der Waals surface area contributed by atoms with Gasteiger partial charge in [0.15, 0.2) is 0 Å². The molecule has 1 aliphatic heterocycles. The minimum atomic E-state index is -0.448. The van der Waals surface area contributed by atoms with Gasteiger partial charge in [0.05, 0.1) is 12.6 Å². The van der Waals surface area contributed by atoms with Crippen LogP contribution in [-0.4, -0.2) is 41.9 Å². The maximum atomic E-state index is 12.9. The minimum Gasteiger partial charge on any atom is -0.394 e. The highest BCUT2D eigenvalue weighted by Gasteiger charge is 2.17. The number of amides is 1. The molecule has 1 aliphatic rings. The third-order valence-electron chi connectivity index (χ3n) is 5.49. The molecule has 0 bridgehead atoms. The van der Waals surface area contributed by atoms with E-state index >= 15 is 0 Å². The van der Waals surface area contributed by atoms with Crippen LogP contribution >= 0.6 is 0 Å². The van der Waals surface area contributed by atoms with E-state index in [1.54, 1.807) is 6.07 Å². The summed E-state index contributed by atoms with van der Waals surface area (Å²) in [6, 6.07) is 15.2. The number of aliphatic hydroxyl groups is 1. The number of carbonyl (C=O) groups is 1. The first-order chi connectivity index (χ1) is 14.6. The molecule has 30 heavy (non-hydrogen) atoms. The highest BCUT2D eigenvalue weighted by atomic mass is 16.5. The van der Waals surface area contributed by atoms with Crippen LogP contribution in [0.4, 0.5) is 5.82 Å². The molecule has 1 amide bonds. The summed E-state index contributed by atoms with van der Waals surface area (Å²) >= 11 is 0. The van der Waals surface area contributed by atoms with Crippen LogP contribution in [0.15, 0.2) is 54.7 Å². The van der Waals surface area contributed by atoms with E-state index in [9.17, 15) is 9.90 Å². The van der Waals surface area contributed by atoms with Crippen molar-refractivity contribution in [1.82, 2.24) is 10.3 Å². The van der Waals surface area contributed by atoms with Gasteiger partial charge in [-0.1, -0.05) is 35.9 Å². The number of benzene rings is 2. The summed E-state index contributed by atoms with van der Waals surface area (Å²) in [6.07, 6.45) is 3.75. The predicted octanol–water partition coefficient (Wildman–Crippen LogP) is 3.60. The van der Waals surface area contributed by atoms with E-state index in [4.69, 9.17) is 4.74 Å². The lowest BCUT2D eigenvalue weighted by molar-refractivity contribution is 0.0903. The number of fused-ring (bicyclic) bond motifs is 1. The molecule has 0 unspecified atom stereocenters. The monoisotopic (exact) mass is 405 g/mol. The maximum Gasteiger partial charge on any atom is 0.251 e. The Morgan fingerprint density at radius 1 is 1.17 bits per heavy atom. The molecule has 4 rings (SSSR count). The predicted molar refractivity (Wildman–Crippen MR) is 118 cm³/mol. The van der Waals surface area contributed by atoms with Gasteiger partial charge >= 0.3 is 0 Å². The molecule has 1 saturated heterocycles. The fourth-order valence-electron chi connectivity index (χ4n) is 3.78. The van der Waals surface area contributed by atoms with Crippen molar-refractivity contribution in [1.29, 1.82) is 0 Å². The number of pyridine rings is 1. The van der Waals surface area contributed by atoms with Gasteiger partial charge < -0.3 is 20.5 Å². The largest absolute Gasteiger partial charge is 0.394 e. The molecule has 1 aromatic heterocycles. The maximum absolute atomic E-state index is 12.9. The molecule has 0 aliphatic carbocycles. The minimum absolute atomic E-state index is 0.161. The summed E-state index contributed by atoms with van der Waals surface area (Å²) in [7, 11) is 0. The number of aliphatic hydroxyl groups excluding tert-OH is 1. The van der Waals surface area contributed by atoms with Crippen LogP contribution in [-0.2, 0) is 4.74 Å². The van der Waals surface area contributed by atoms with E-state index in [1.165, 1.54) is 0 Å². The van der Waals surface area contributed by atoms with Crippen molar-refractivity contribution >= 4 is 22.5 Å². The van der Waals surface area contributed by atoms with E-state index in [-0.39, 0.29) is 12.5 Å². The molecule has 0 radical (unpaired) electrons. The van der Waals surface area contributed by atoms with Crippen LogP contribution in [0.2, 0.25) is 0 Å². The summed E-state index contributed by atoms with van der Waals surface area (Å²) in [5.74, 6) is 0.591. The number of nitrogens with one attached hydrogen (secondary N) is 2. The summed E-state index contributed by atoms with van der Waals surface area (Å²) in [6.45, 7) is 3.36. The standard InChI is InChI=1S/C24H27N3O3/c1-16-3-2-4-17(11-16)22(15-28)27-24(29)18-5-6-19-14-25-23(13-20(19)12-18)26-21-7-9-30-10-8-21/h2-6,11-14,21-22,28H,7-10,15H2,1H3,(H,25,26)(H,27,29)/t22-/m1/s1. The molecule has 1 atom stereocenters. The summed E-state index contributed by atoms with van der Waals surface area (Å²) in [5, 5.41) is 18.1. The lowest BCUT2D eigenvalue weighted by Crippen LogP contribution is -2.30. The van der Waals surface area contributed by atoms with Gasteiger partial charge in [0, 0.05) is 36.4 Å². The van der Waals surface area contributed by atoms with Gasteiger partial charge in [-0.05, 0) is 48.9 Å². The van der Waals surface area contributed by atoms with Crippen molar-refractivity contribution in [2.75, 3.05) is 25.1 Å². The summed E-state index contributed by atoms with van der Waals surface area (Å²) in [4.78, 5) is 17.3. The van der Waals surface area contributed by atoms with Crippen molar-refractivity contribution in [3.8, 4) is 0 Å². The molecular weight excluding hydrogens is 378 g/mol. The second-order valence-electron chi connectivity index (χ2n) is 7.79. The quantitative estimate of drug-likeness (QED) is 0.584. The average molecular weight is 405 g/mol. The molecule has 3 N–H and O–H groups in total. The van der Waals surface area contributed by atoms with E-state index in [2.05, 4.69) is 15.6 Å².